The van der Waals surface area contributed by atoms with Gasteiger partial charge in [-0.2, -0.15) is 0 Å². The highest BCUT2D eigenvalue weighted by Gasteiger charge is 2.51. The van der Waals surface area contributed by atoms with E-state index in [1.165, 1.54) is 0 Å². The second-order valence-electron chi connectivity index (χ2n) is 6.35. The minimum absolute atomic E-state index is 0.00885. The third-order valence-electron chi connectivity index (χ3n) is 3.45. The molecule has 0 saturated heterocycles. The van der Waals surface area contributed by atoms with Crippen LogP contribution < -0.4 is 0 Å². The summed E-state index contributed by atoms with van der Waals surface area (Å²) in [5.74, 6) is 0.384. The van der Waals surface area contributed by atoms with Gasteiger partial charge in [0.2, 0.25) is 0 Å². The molecule has 0 radical (unpaired) electrons. The third-order valence-corrected chi connectivity index (χ3v) is 3.45. The molecular weight excluding hydrogens is 216 g/mol. The number of carbonyl (C=O) groups excluding carboxylic acids is 1. The van der Waals surface area contributed by atoms with Gasteiger partial charge < -0.3 is 9.47 Å². The van der Waals surface area contributed by atoms with Crippen molar-refractivity contribution in [1.29, 1.82) is 0 Å². The molecule has 0 amide bonds. The fourth-order valence-electron chi connectivity index (χ4n) is 1.92. The molecule has 17 heavy (non-hydrogen) atoms. The Hall–Kier alpha value is -0.570. The molecule has 3 heteroatoms. The fourth-order valence-corrected chi connectivity index (χ4v) is 1.92. The Morgan fingerprint density at radius 2 is 1.82 bits per heavy atom. The number of carbonyl (C=O) groups is 1. The lowest BCUT2D eigenvalue weighted by Crippen LogP contribution is -2.56. The van der Waals surface area contributed by atoms with Crippen LogP contribution in [0.4, 0.5) is 0 Å². The predicted octanol–water partition coefficient (Wildman–Crippen LogP) is 3.03. The first-order chi connectivity index (χ1) is 7.75. The van der Waals surface area contributed by atoms with Gasteiger partial charge in [0.25, 0.3) is 0 Å². The molecule has 100 valence electrons. The second-order valence-corrected chi connectivity index (χ2v) is 6.35. The molecule has 0 aromatic heterocycles. The smallest absolute Gasteiger partial charge is 0.308 e. The zero-order chi connectivity index (χ0) is 13.2. The van der Waals surface area contributed by atoms with Gasteiger partial charge in [0.1, 0.15) is 6.10 Å². The Balaban J connectivity index is 2.41. The standard InChI is InChI=1S/C14H26O3/c1-9(2)8-16-11-7-12(14(11,5)6)17-13(15)10(3)4/h9-12H,7-8H2,1-6H3/t11-,12+/m1/s1. The van der Waals surface area contributed by atoms with Crippen LogP contribution in [-0.4, -0.2) is 24.8 Å². The number of rotatable bonds is 5. The van der Waals surface area contributed by atoms with Crippen molar-refractivity contribution in [3.63, 3.8) is 0 Å². The topological polar surface area (TPSA) is 35.5 Å². The van der Waals surface area contributed by atoms with E-state index in [0.29, 0.717) is 5.92 Å². The highest BCUT2D eigenvalue weighted by Crippen LogP contribution is 2.45. The molecule has 0 aromatic rings. The number of esters is 1. The van der Waals surface area contributed by atoms with Crippen molar-refractivity contribution >= 4 is 5.97 Å². The van der Waals surface area contributed by atoms with Crippen molar-refractivity contribution in [2.45, 2.75) is 60.2 Å². The van der Waals surface area contributed by atoms with Crippen molar-refractivity contribution in [3.8, 4) is 0 Å². The molecule has 0 spiro atoms. The normalized spacial score (nSPS) is 27.1. The van der Waals surface area contributed by atoms with Gasteiger partial charge in [-0.15, -0.1) is 0 Å². The Kier molecular flexibility index (Phi) is 4.59. The maximum absolute atomic E-state index is 11.5. The highest BCUT2D eigenvalue weighted by atomic mass is 16.6. The summed E-state index contributed by atoms with van der Waals surface area (Å²) in [7, 11) is 0. The van der Waals surface area contributed by atoms with Gasteiger partial charge in [-0.05, 0) is 5.92 Å². The molecule has 1 rings (SSSR count). The lowest BCUT2D eigenvalue weighted by Gasteiger charge is -2.50. The van der Waals surface area contributed by atoms with Gasteiger partial charge in [0, 0.05) is 18.4 Å². The lowest BCUT2D eigenvalue weighted by atomic mass is 9.66. The molecule has 0 heterocycles. The molecule has 0 aromatic carbocycles. The van der Waals surface area contributed by atoms with Crippen molar-refractivity contribution < 1.29 is 14.3 Å². The lowest BCUT2D eigenvalue weighted by molar-refractivity contribution is -0.207. The Morgan fingerprint density at radius 3 is 2.24 bits per heavy atom. The largest absolute Gasteiger partial charge is 0.461 e. The van der Waals surface area contributed by atoms with Gasteiger partial charge in [-0.1, -0.05) is 41.5 Å². The molecule has 1 aliphatic rings. The van der Waals surface area contributed by atoms with E-state index in [-0.39, 0.29) is 29.5 Å². The molecule has 3 nitrogen and oxygen atoms in total. The van der Waals surface area contributed by atoms with E-state index < -0.39 is 0 Å². The Morgan fingerprint density at radius 1 is 1.24 bits per heavy atom. The van der Waals surface area contributed by atoms with Crippen molar-refractivity contribution in [3.05, 3.63) is 0 Å². The first-order valence-electron chi connectivity index (χ1n) is 6.57. The first kappa shape index (κ1) is 14.5. The van der Waals surface area contributed by atoms with Crippen LogP contribution in [0.3, 0.4) is 0 Å². The molecule has 1 aliphatic carbocycles. The van der Waals surface area contributed by atoms with Crippen LogP contribution >= 0.6 is 0 Å². The molecule has 0 bridgehead atoms. The number of hydrogen-bond acceptors (Lipinski definition) is 3. The van der Waals surface area contributed by atoms with Crippen molar-refractivity contribution in [2.24, 2.45) is 17.3 Å². The Bertz CT molecular complexity index is 269. The van der Waals surface area contributed by atoms with Gasteiger partial charge in [0.05, 0.1) is 12.0 Å². The van der Waals surface area contributed by atoms with Crippen LogP contribution in [0.5, 0.6) is 0 Å². The van der Waals surface area contributed by atoms with E-state index in [9.17, 15) is 4.79 Å². The maximum Gasteiger partial charge on any atom is 0.308 e. The predicted molar refractivity (Wildman–Crippen MR) is 67.7 cm³/mol. The van der Waals surface area contributed by atoms with E-state index >= 15 is 0 Å². The number of ether oxygens (including phenoxy) is 2. The maximum atomic E-state index is 11.5. The van der Waals surface area contributed by atoms with Crippen LogP contribution in [0.1, 0.15) is 48.0 Å². The summed E-state index contributed by atoms with van der Waals surface area (Å²) in [6, 6.07) is 0. The fraction of sp³-hybridized carbons (Fsp3) is 0.929. The van der Waals surface area contributed by atoms with Crippen LogP contribution in [-0.2, 0) is 14.3 Å². The van der Waals surface area contributed by atoms with Crippen molar-refractivity contribution in [1.82, 2.24) is 0 Å². The second kappa shape index (κ2) is 5.38. The van der Waals surface area contributed by atoms with Crippen LogP contribution in [0.2, 0.25) is 0 Å². The van der Waals surface area contributed by atoms with Crippen LogP contribution in [0.25, 0.3) is 0 Å². The molecule has 0 aliphatic heterocycles. The van der Waals surface area contributed by atoms with E-state index in [4.69, 9.17) is 9.47 Å². The summed E-state index contributed by atoms with van der Waals surface area (Å²) in [5, 5.41) is 0. The summed E-state index contributed by atoms with van der Waals surface area (Å²) in [6.07, 6.45) is 1.06. The van der Waals surface area contributed by atoms with Crippen LogP contribution in [0, 0.1) is 17.3 Å². The van der Waals surface area contributed by atoms with Gasteiger partial charge in [-0.25, -0.2) is 0 Å². The van der Waals surface area contributed by atoms with E-state index in [2.05, 4.69) is 27.7 Å². The quantitative estimate of drug-likeness (QED) is 0.695. The third kappa shape index (κ3) is 3.44. The van der Waals surface area contributed by atoms with Crippen molar-refractivity contribution in [2.75, 3.05) is 6.61 Å². The van der Waals surface area contributed by atoms with Gasteiger partial charge >= 0.3 is 5.97 Å². The van der Waals surface area contributed by atoms with Crippen LogP contribution in [0.15, 0.2) is 0 Å². The average molecular weight is 242 g/mol. The highest BCUT2D eigenvalue weighted by molar-refractivity contribution is 5.71. The monoisotopic (exact) mass is 242 g/mol. The van der Waals surface area contributed by atoms with Gasteiger partial charge in [0.15, 0.2) is 0 Å². The molecular formula is C14H26O3. The molecule has 0 N–H and O–H groups in total. The Labute approximate surface area is 105 Å². The van der Waals surface area contributed by atoms with Gasteiger partial charge in [-0.3, -0.25) is 4.79 Å². The summed E-state index contributed by atoms with van der Waals surface area (Å²) >= 11 is 0. The SMILES string of the molecule is CC(C)CO[C@@H]1C[C@H](OC(=O)C(C)C)C1(C)C. The minimum Gasteiger partial charge on any atom is -0.461 e. The summed E-state index contributed by atoms with van der Waals surface area (Å²) < 4.78 is 11.3. The zero-order valence-electron chi connectivity index (χ0n) is 11.9. The molecule has 2 atom stereocenters. The summed E-state index contributed by atoms with van der Waals surface area (Å²) in [6.45, 7) is 13.0. The first-order valence-corrected chi connectivity index (χ1v) is 6.57. The zero-order valence-corrected chi connectivity index (χ0v) is 11.9. The minimum atomic E-state index is -0.106. The summed E-state index contributed by atoms with van der Waals surface area (Å²) in [5.41, 5.74) is -0.0561. The number of hydrogen-bond donors (Lipinski definition) is 0. The van der Waals surface area contributed by atoms with E-state index in [1.54, 1.807) is 0 Å². The average Bonchev–Trinajstić information content (AvgIpc) is 2.21. The molecule has 0 unspecified atom stereocenters. The molecule has 1 saturated carbocycles. The van der Waals surface area contributed by atoms with E-state index in [1.807, 2.05) is 13.8 Å². The van der Waals surface area contributed by atoms with E-state index in [0.717, 1.165) is 13.0 Å². The molecule has 1 fully saturated rings. The summed E-state index contributed by atoms with van der Waals surface area (Å²) in [4.78, 5) is 11.5.